The van der Waals surface area contributed by atoms with Crippen LogP contribution in [0.5, 0.6) is 11.5 Å². The number of methoxy groups -OCH3 is 1. The summed E-state index contributed by atoms with van der Waals surface area (Å²) in [6.07, 6.45) is 0.274. The van der Waals surface area contributed by atoms with Crippen molar-refractivity contribution in [3.05, 3.63) is 23.8 Å². The van der Waals surface area contributed by atoms with Crippen LogP contribution in [-0.2, 0) is 11.3 Å². The summed E-state index contributed by atoms with van der Waals surface area (Å²) in [5.41, 5.74) is 1.14. The Hall–Kier alpha value is -1.30. The monoisotopic (exact) mass is 267 g/mol. The average Bonchev–Trinajstić information content (AvgIpc) is 2.44. The maximum atomic E-state index is 9.50. The molecule has 19 heavy (non-hydrogen) atoms. The zero-order valence-corrected chi connectivity index (χ0v) is 11.2. The number of nitrogens with one attached hydrogen (secondary N) is 1. The van der Waals surface area contributed by atoms with E-state index in [1.807, 2.05) is 18.2 Å². The second-order valence-electron chi connectivity index (χ2n) is 4.55. The Morgan fingerprint density at radius 1 is 1.32 bits per heavy atom. The van der Waals surface area contributed by atoms with Crippen LogP contribution in [0.15, 0.2) is 18.2 Å². The maximum absolute atomic E-state index is 9.50. The fraction of sp³-hybridized carbons (Fsp3) is 0.571. The van der Waals surface area contributed by atoms with Gasteiger partial charge >= 0.3 is 0 Å². The SMILES string of the molecule is COCC(O)CCNCc1ccc2c(c1)OCCO2. The molecule has 0 bridgehead atoms. The largest absolute Gasteiger partial charge is 0.486 e. The van der Waals surface area contributed by atoms with Crippen LogP contribution in [0.2, 0.25) is 0 Å². The first-order valence-corrected chi connectivity index (χ1v) is 6.56. The first-order chi connectivity index (χ1) is 9.29. The average molecular weight is 267 g/mol. The number of hydrogen-bond acceptors (Lipinski definition) is 5. The van der Waals surface area contributed by atoms with E-state index in [-0.39, 0.29) is 0 Å². The van der Waals surface area contributed by atoms with Gasteiger partial charge in [0.2, 0.25) is 0 Å². The first-order valence-electron chi connectivity index (χ1n) is 6.56. The summed E-state index contributed by atoms with van der Waals surface area (Å²) in [5.74, 6) is 1.62. The minimum Gasteiger partial charge on any atom is -0.486 e. The molecule has 1 aromatic rings. The molecule has 0 amide bonds. The number of aliphatic hydroxyl groups is 1. The fourth-order valence-electron chi connectivity index (χ4n) is 1.97. The predicted octanol–water partition coefficient (Wildman–Crippen LogP) is 0.945. The van der Waals surface area contributed by atoms with Crippen LogP contribution < -0.4 is 14.8 Å². The Bertz CT molecular complexity index is 397. The van der Waals surface area contributed by atoms with Crippen LogP contribution in [0.4, 0.5) is 0 Å². The lowest BCUT2D eigenvalue weighted by Gasteiger charge is -2.19. The third-order valence-corrected chi connectivity index (χ3v) is 2.95. The molecule has 1 aliphatic rings. The molecule has 1 unspecified atom stereocenters. The molecule has 1 aliphatic heterocycles. The highest BCUT2D eigenvalue weighted by Gasteiger charge is 2.11. The van der Waals surface area contributed by atoms with Crippen molar-refractivity contribution in [2.75, 3.05) is 33.5 Å². The molecule has 0 spiro atoms. The summed E-state index contributed by atoms with van der Waals surface area (Å²) in [6, 6.07) is 5.95. The summed E-state index contributed by atoms with van der Waals surface area (Å²) in [4.78, 5) is 0. The molecule has 1 atom stereocenters. The summed E-state index contributed by atoms with van der Waals surface area (Å²) in [5, 5.41) is 12.8. The molecule has 2 N–H and O–H groups in total. The van der Waals surface area contributed by atoms with E-state index in [0.717, 1.165) is 30.2 Å². The lowest BCUT2D eigenvalue weighted by Crippen LogP contribution is -2.23. The Morgan fingerprint density at radius 2 is 2.11 bits per heavy atom. The zero-order chi connectivity index (χ0) is 13.5. The molecular formula is C14H21NO4. The molecule has 0 aromatic heterocycles. The minimum atomic E-state index is -0.405. The quantitative estimate of drug-likeness (QED) is 0.720. The van der Waals surface area contributed by atoms with Gasteiger partial charge in [-0.1, -0.05) is 6.07 Å². The third kappa shape index (κ3) is 4.38. The van der Waals surface area contributed by atoms with Gasteiger partial charge in [0, 0.05) is 13.7 Å². The van der Waals surface area contributed by atoms with Crippen LogP contribution in [-0.4, -0.2) is 44.7 Å². The molecule has 0 saturated carbocycles. The van der Waals surface area contributed by atoms with Crippen LogP contribution in [0, 0.1) is 0 Å². The number of benzene rings is 1. The van der Waals surface area contributed by atoms with E-state index >= 15 is 0 Å². The summed E-state index contributed by atoms with van der Waals surface area (Å²) in [6.45, 7) is 3.09. The van der Waals surface area contributed by atoms with Crippen LogP contribution >= 0.6 is 0 Å². The molecule has 106 valence electrons. The second-order valence-corrected chi connectivity index (χ2v) is 4.55. The number of rotatable bonds is 7. The zero-order valence-electron chi connectivity index (χ0n) is 11.2. The van der Waals surface area contributed by atoms with Gasteiger partial charge in [0.1, 0.15) is 13.2 Å². The van der Waals surface area contributed by atoms with E-state index in [9.17, 15) is 5.11 Å². The highest BCUT2D eigenvalue weighted by atomic mass is 16.6. The van der Waals surface area contributed by atoms with Gasteiger partial charge < -0.3 is 24.6 Å². The third-order valence-electron chi connectivity index (χ3n) is 2.95. The molecule has 1 aromatic carbocycles. The lowest BCUT2D eigenvalue weighted by molar-refractivity contribution is 0.0594. The fourth-order valence-corrected chi connectivity index (χ4v) is 1.97. The smallest absolute Gasteiger partial charge is 0.161 e. The number of fused-ring (bicyclic) bond motifs is 1. The normalized spacial score (nSPS) is 15.3. The standard InChI is InChI=1S/C14H21NO4/c1-17-10-12(16)4-5-15-9-11-2-3-13-14(8-11)19-7-6-18-13/h2-3,8,12,15-16H,4-7,9-10H2,1H3. The Morgan fingerprint density at radius 3 is 2.89 bits per heavy atom. The Balaban J connectivity index is 1.74. The molecular weight excluding hydrogens is 246 g/mol. The van der Waals surface area contributed by atoms with Crippen molar-refractivity contribution in [3.8, 4) is 11.5 Å². The molecule has 2 rings (SSSR count). The molecule has 5 nitrogen and oxygen atoms in total. The van der Waals surface area contributed by atoms with E-state index in [0.29, 0.717) is 26.2 Å². The maximum Gasteiger partial charge on any atom is 0.161 e. The van der Waals surface area contributed by atoms with Gasteiger partial charge in [-0.2, -0.15) is 0 Å². The van der Waals surface area contributed by atoms with Crippen molar-refractivity contribution in [1.29, 1.82) is 0 Å². The van der Waals surface area contributed by atoms with Crippen molar-refractivity contribution in [1.82, 2.24) is 5.32 Å². The van der Waals surface area contributed by atoms with Crippen molar-refractivity contribution in [2.45, 2.75) is 19.1 Å². The first kappa shape index (κ1) is 14.1. The van der Waals surface area contributed by atoms with E-state index in [4.69, 9.17) is 14.2 Å². The molecule has 0 saturated heterocycles. The van der Waals surface area contributed by atoms with Gasteiger partial charge in [-0.05, 0) is 30.7 Å². The van der Waals surface area contributed by atoms with E-state index in [1.165, 1.54) is 0 Å². The molecule has 5 heteroatoms. The number of ether oxygens (including phenoxy) is 3. The van der Waals surface area contributed by atoms with E-state index in [2.05, 4.69) is 5.32 Å². The molecule has 0 aliphatic carbocycles. The molecule has 1 heterocycles. The van der Waals surface area contributed by atoms with Crippen LogP contribution in [0.25, 0.3) is 0 Å². The van der Waals surface area contributed by atoms with Crippen LogP contribution in [0.1, 0.15) is 12.0 Å². The topological polar surface area (TPSA) is 60.0 Å². The highest BCUT2D eigenvalue weighted by molar-refractivity contribution is 5.43. The summed E-state index contributed by atoms with van der Waals surface area (Å²) in [7, 11) is 1.59. The predicted molar refractivity (Wildman–Crippen MR) is 71.6 cm³/mol. The molecule has 0 radical (unpaired) electrons. The van der Waals surface area contributed by atoms with Gasteiger partial charge in [0.25, 0.3) is 0 Å². The Labute approximate surface area is 113 Å². The lowest BCUT2D eigenvalue weighted by atomic mass is 10.2. The summed E-state index contributed by atoms with van der Waals surface area (Å²) >= 11 is 0. The van der Waals surface area contributed by atoms with Gasteiger partial charge in [0.05, 0.1) is 12.7 Å². The Kier molecular flexibility index (Phi) is 5.44. The van der Waals surface area contributed by atoms with Crippen LogP contribution in [0.3, 0.4) is 0 Å². The van der Waals surface area contributed by atoms with Crippen molar-refractivity contribution in [2.24, 2.45) is 0 Å². The van der Waals surface area contributed by atoms with Gasteiger partial charge in [0.15, 0.2) is 11.5 Å². The van der Waals surface area contributed by atoms with Crippen molar-refractivity contribution < 1.29 is 19.3 Å². The minimum absolute atomic E-state index is 0.381. The van der Waals surface area contributed by atoms with Crippen molar-refractivity contribution >= 4 is 0 Å². The van der Waals surface area contributed by atoms with Gasteiger partial charge in [-0.3, -0.25) is 0 Å². The van der Waals surface area contributed by atoms with E-state index in [1.54, 1.807) is 7.11 Å². The van der Waals surface area contributed by atoms with Gasteiger partial charge in [-0.25, -0.2) is 0 Å². The summed E-state index contributed by atoms with van der Waals surface area (Å²) < 4.78 is 15.9. The van der Waals surface area contributed by atoms with Crippen molar-refractivity contribution in [3.63, 3.8) is 0 Å². The number of aliphatic hydroxyl groups excluding tert-OH is 1. The van der Waals surface area contributed by atoms with E-state index < -0.39 is 6.10 Å². The second kappa shape index (κ2) is 7.33. The highest BCUT2D eigenvalue weighted by Crippen LogP contribution is 2.30. The molecule has 0 fully saturated rings. The number of hydrogen-bond donors (Lipinski definition) is 2. The van der Waals surface area contributed by atoms with Gasteiger partial charge in [-0.15, -0.1) is 0 Å².